The lowest BCUT2D eigenvalue weighted by molar-refractivity contribution is 0.593. The topological polar surface area (TPSA) is 24.9 Å². The van der Waals surface area contributed by atoms with Gasteiger partial charge in [-0.05, 0) is 38.0 Å². The largest absolute Gasteiger partial charge is 0.368 e. The molecule has 1 atom stereocenters. The first-order chi connectivity index (χ1) is 7.72. The average Bonchev–Trinajstić information content (AvgIpc) is 2.24. The molecule has 90 valence electrons. The minimum Gasteiger partial charge on any atom is -0.368 e. The molecule has 1 aromatic heterocycles. The van der Waals surface area contributed by atoms with Crippen LogP contribution in [0.1, 0.15) is 51.5 Å². The third-order valence-electron chi connectivity index (χ3n) is 2.80. The molecule has 0 aromatic carbocycles. The molecular formula is C14H24N2. The van der Waals surface area contributed by atoms with E-state index < -0.39 is 0 Å². The van der Waals surface area contributed by atoms with E-state index >= 15 is 0 Å². The van der Waals surface area contributed by atoms with Gasteiger partial charge in [-0.2, -0.15) is 0 Å². The molecular weight excluding hydrogens is 196 g/mol. The summed E-state index contributed by atoms with van der Waals surface area (Å²) in [5, 5.41) is 3.45. The predicted octanol–water partition coefficient (Wildman–Crippen LogP) is 4.16. The molecule has 1 heterocycles. The van der Waals surface area contributed by atoms with Crippen LogP contribution in [0, 0.1) is 6.92 Å². The molecule has 0 aliphatic rings. The molecule has 1 rings (SSSR count). The minimum atomic E-state index is 0.520. The zero-order valence-electron chi connectivity index (χ0n) is 10.8. The van der Waals surface area contributed by atoms with Crippen molar-refractivity contribution >= 4 is 5.82 Å². The van der Waals surface area contributed by atoms with Crippen LogP contribution in [0.25, 0.3) is 0 Å². The number of nitrogens with one attached hydrogen (secondary N) is 1. The standard InChI is InChI=1S/C14H24N2/c1-4-5-6-7-8-13(3)16-14-11-12(2)9-10-15-14/h9-11,13H,4-8H2,1-3H3,(H,15,16). The summed E-state index contributed by atoms with van der Waals surface area (Å²) in [5.41, 5.74) is 1.26. The fourth-order valence-corrected chi connectivity index (χ4v) is 1.82. The Labute approximate surface area is 99.5 Å². The Morgan fingerprint density at radius 2 is 2.12 bits per heavy atom. The Balaban J connectivity index is 2.25. The third kappa shape index (κ3) is 5.15. The highest BCUT2D eigenvalue weighted by Gasteiger charge is 2.02. The highest BCUT2D eigenvalue weighted by Crippen LogP contribution is 2.11. The zero-order chi connectivity index (χ0) is 11.8. The van der Waals surface area contributed by atoms with Crippen molar-refractivity contribution in [2.24, 2.45) is 0 Å². The van der Waals surface area contributed by atoms with Crippen molar-refractivity contribution in [2.45, 2.75) is 58.9 Å². The van der Waals surface area contributed by atoms with Crippen LogP contribution in [0.2, 0.25) is 0 Å². The van der Waals surface area contributed by atoms with Gasteiger partial charge in [0, 0.05) is 12.2 Å². The summed E-state index contributed by atoms with van der Waals surface area (Å²) in [4.78, 5) is 4.31. The molecule has 0 amide bonds. The number of nitrogens with zero attached hydrogens (tertiary/aromatic N) is 1. The Kier molecular flexibility index (Phi) is 5.91. The molecule has 0 saturated heterocycles. The summed E-state index contributed by atoms with van der Waals surface area (Å²) in [6.07, 6.45) is 8.42. The monoisotopic (exact) mass is 220 g/mol. The van der Waals surface area contributed by atoms with E-state index in [9.17, 15) is 0 Å². The second-order valence-electron chi connectivity index (χ2n) is 4.61. The summed E-state index contributed by atoms with van der Waals surface area (Å²) < 4.78 is 0. The van der Waals surface area contributed by atoms with Crippen LogP contribution in [0.4, 0.5) is 5.82 Å². The molecule has 2 heteroatoms. The Hall–Kier alpha value is -1.05. The maximum absolute atomic E-state index is 4.31. The van der Waals surface area contributed by atoms with Crippen LogP contribution in [0.3, 0.4) is 0 Å². The predicted molar refractivity (Wildman–Crippen MR) is 70.8 cm³/mol. The number of anilines is 1. The van der Waals surface area contributed by atoms with Crippen molar-refractivity contribution in [3.63, 3.8) is 0 Å². The first-order valence-electron chi connectivity index (χ1n) is 6.41. The van der Waals surface area contributed by atoms with E-state index in [0.29, 0.717) is 6.04 Å². The first-order valence-corrected chi connectivity index (χ1v) is 6.41. The molecule has 0 spiro atoms. The normalized spacial score (nSPS) is 12.4. The maximum atomic E-state index is 4.31. The van der Waals surface area contributed by atoms with Gasteiger partial charge in [-0.15, -0.1) is 0 Å². The van der Waals surface area contributed by atoms with Crippen LogP contribution in [0.5, 0.6) is 0 Å². The smallest absolute Gasteiger partial charge is 0.126 e. The van der Waals surface area contributed by atoms with E-state index in [1.165, 1.54) is 37.7 Å². The summed E-state index contributed by atoms with van der Waals surface area (Å²) in [6, 6.07) is 4.64. The van der Waals surface area contributed by atoms with Gasteiger partial charge in [0.25, 0.3) is 0 Å². The minimum absolute atomic E-state index is 0.520. The number of hydrogen-bond donors (Lipinski definition) is 1. The molecule has 0 aliphatic heterocycles. The van der Waals surface area contributed by atoms with Crippen LogP contribution in [-0.4, -0.2) is 11.0 Å². The highest BCUT2D eigenvalue weighted by molar-refractivity contribution is 5.37. The van der Waals surface area contributed by atoms with Gasteiger partial charge in [0.05, 0.1) is 0 Å². The van der Waals surface area contributed by atoms with Gasteiger partial charge in [0.1, 0.15) is 5.82 Å². The van der Waals surface area contributed by atoms with Gasteiger partial charge in [0.15, 0.2) is 0 Å². The Morgan fingerprint density at radius 1 is 1.31 bits per heavy atom. The Morgan fingerprint density at radius 3 is 2.81 bits per heavy atom. The molecule has 0 bridgehead atoms. The molecule has 0 radical (unpaired) electrons. The summed E-state index contributed by atoms with van der Waals surface area (Å²) in [6.45, 7) is 6.58. The van der Waals surface area contributed by atoms with Crippen molar-refractivity contribution in [2.75, 3.05) is 5.32 Å². The highest BCUT2D eigenvalue weighted by atomic mass is 15.0. The van der Waals surface area contributed by atoms with E-state index in [-0.39, 0.29) is 0 Å². The average molecular weight is 220 g/mol. The van der Waals surface area contributed by atoms with Crippen molar-refractivity contribution in [3.8, 4) is 0 Å². The fraction of sp³-hybridized carbons (Fsp3) is 0.643. The van der Waals surface area contributed by atoms with Gasteiger partial charge < -0.3 is 5.32 Å². The fourth-order valence-electron chi connectivity index (χ4n) is 1.82. The van der Waals surface area contributed by atoms with Crippen molar-refractivity contribution in [3.05, 3.63) is 23.9 Å². The lowest BCUT2D eigenvalue weighted by atomic mass is 10.1. The number of hydrogen-bond acceptors (Lipinski definition) is 2. The summed E-state index contributed by atoms with van der Waals surface area (Å²) in [7, 11) is 0. The second-order valence-corrected chi connectivity index (χ2v) is 4.61. The van der Waals surface area contributed by atoms with Gasteiger partial charge in [-0.3, -0.25) is 0 Å². The third-order valence-corrected chi connectivity index (χ3v) is 2.80. The van der Waals surface area contributed by atoms with E-state index in [2.05, 4.69) is 37.1 Å². The molecule has 0 fully saturated rings. The van der Waals surface area contributed by atoms with Crippen molar-refractivity contribution < 1.29 is 0 Å². The van der Waals surface area contributed by atoms with Gasteiger partial charge in [-0.1, -0.05) is 32.6 Å². The van der Waals surface area contributed by atoms with Crippen molar-refractivity contribution in [1.29, 1.82) is 0 Å². The molecule has 1 unspecified atom stereocenters. The Bertz CT molecular complexity index is 297. The number of rotatable bonds is 7. The number of aromatic nitrogens is 1. The zero-order valence-corrected chi connectivity index (χ0v) is 10.8. The quantitative estimate of drug-likeness (QED) is 0.698. The van der Waals surface area contributed by atoms with Gasteiger partial charge in [0.2, 0.25) is 0 Å². The van der Waals surface area contributed by atoms with E-state index in [1.54, 1.807) is 0 Å². The van der Waals surface area contributed by atoms with E-state index in [0.717, 1.165) is 5.82 Å². The van der Waals surface area contributed by atoms with E-state index in [1.807, 2.05) is 12.3 Å². The second kappa shape index (κ2) is 7.26. The van der Waals surface area contributed by atoms with Crippen LogP contribution < -0.4 is 5.32 Å². The van der Waals surface area contributed by atoms with Crippen molar-refractivity contribution in [1.82, 2.24) is 4.98 Å². The lowest BCUT2D eigenvalue weighted by Crippen LogP contribution is -2.15. The number of aryl methyl sites for hydroxylation is 1. The van der Waals surface area contributed by atoms with Crippen LogP contribution in [-0.2, 0) is 0 Å². The lowest BCUT2D eigenvalue weighted by Gasteiger charge is -2.14. The van der Waals surface area contributed by atoms with Gasteiger partial charge in [-0.25, -0.2) is 4.98 Å². The number of pyridine rings is 1. The maximum Gasteiger partial charge on any atom is 0.126 e. The van der Waals surface area contributed by atoms with Gasteiger partial charge >= 0.3 is 0 Å². The molecule has 1 aromatic rings. The molecule has 0 saturated carbocycles. The first kappa shape index (κ1) is 13.0. The molecule has 16 heavy (non-hydrogen) atoms. The SMILES string of the molecule is CCCCCCC(C)Nc1cc(C)ccn1. The van der Waals surface area contributed by atoms with E-state index in [4.69, 9.17) is 0 Å². The molecule has 0 aliphatic carbocycles. The summed E-state index contributed by atoms with van der Waals surface area (Å²) >= 11 is 0. The van der Waals surface area contributed by atoms with Crippen LogP contribution in [0.15, 0.2) is 18.3 Å². The molecule has 2 nitrogen and oxygen atoms in total. The number of unbranched alkanes of at least 4 members (excludes halogenated alkanes) is 3. The molecule has 1 N–H and O–H groups in total. The van der Waals surface area contributed by atoms with Crippen LogP contribution >= 0.6 is 0 Å². The summed E-state index contributed by atoms with van der Waals surface area (Å²) in [5.74, 6) is 1.00.